The fourth-order valence-electron chi connectivity index (χ4n) is 1.89. The first-order valence-electron chi connectivity index (χ1n) is 8.39. The first-order valence-corrected chi connectivity index (χ1v) is 8.39. The monoisotopic (exact) mass is 271 g/mol. The van der Waals surface area contributed by atoms with Crippen LogP contribution in [-0.2, 0) is 4.79 Å². The minimum atomic E-state index is 0.244. The van der Waals surface area contributed by atoms with Gasteiger partial charge in [-0.05, 0) is 12.8 Å². The van der Waals surface area contributed by atoms with Crippen molar-refractivity contribution in [1.82, 2.24) is 4.90 Å². The zero-order chi connectivity index (χ0) is 14.9. The van der Waals surface area contributed by atoms with E-state index in [2.05, 4.69) is 27.7 Å². The molecule has 0 N–H and O–H groups in total. The number of carbonyl (C=O) groups excluding carboxylic acids is 1. The van der Waals surface area contributed by atoms with Crippen LogP contribution >= 0.6 is 0 Å². The predicted molar refractivity (Wildman–Crippen MR) is 86.5 cm³/mol. The van der Waals surface area contributed by atoms with Crippen molar-refractivity contribution in [1.29, 1.82) is 0 Å². The summed E-state index contributed by atoms with van der Waals surface area (Å²) < 4.78 is 0. The van der Waals surface area contributed by atoms with Gasteiger partial charge in [-0.3, -0.25) is 4.79 Å². The zero-order valence-corrected chi connectivity index (χ0v) is 14.1. The van der Waals surface area contributed by atoms with Crippen molar-refractivity contribution in [3.8, 4) is 0 Å². The Kier molecular flexibility index (Phi) is 19.1. The summed E-state index contributed by atoms with van der Waals surface area (Å²) in [7, 11) is 0. The number of hydrogen-bond donors (Lipinski definition) is 0. The van der Waals surface area contributed by atoms with Gasteiger partial charge in [0, 0.05) is 20.0 Å². The Labute approximate surface area is 122 Å². The summed E-state index contributed by atoms with van der Waals surface area (Å²) in [5, 5.41) is 0. The van der Waals surface area contributed by atoms with Crippen LogP contribution in [-0.4, -0.2) is 23.9 Å². The quantitative estimate of drug-likeness (QED) is 0.486. The Morgan fingerprint density at radius 1 is 0.737 bits per heavy atom. The topological polar surface area (TPSA) is 20.3 Å². The minimum Gasteiger partial charge on any atom is -0.343 e. The molecule has 0 radical (unpaired) electrons. The van der Waals surface area contributed by atoms with Crippen LogP contribution < -0.4 is 0 Å². The molecule has 0 aliphatic heterocycles. The molecule has 0 saturated carbocycles. The lowest BCUT2D eigenvalue weighted by atomic mass is 10.1. The number of hydrogen-bond acceptors (Lipinski definition) is 1. The van der Waals surface area contributed by atoms with Gasteiger partial charge in [0.05, 0.1) is 0 Å². The molecule has 0 bridgehead atoms. The van der Waals surface area contributed by atoms with Crippen molar-refractivity contribution in [3.05, 3.63) is 0 Å². The standard InChI is InChI=1S/C14H29NO.C3H8/c1-4-6-8-10-12-15(14(3)16)13-11-9-7-5-2;1-3-2/h4-13H2,1-3H3;3H2,1-2H3. The number of rotatable bonds is 10. The van der Waals surface area contributed by atoms with Crippen LogP contribution in [0, 0.1) is 0 Å². The predicted octanol–water partition coefficient (Wildman–Crippen LogP) is 5.41. The van der Waals surface area contributed by atoms with Crippen LogP contribution in [0.1, 0.15) is 92.4 Å². The van der Waals surface area contributed by atoms with Gasteiger partial charge in [-0.25, -0.2) is 0 Å². The van der Waals surface area contributed by atoms with Crippen LogP contribution in [0.2, 0.25) is 0 Å². The van der Waals surface area contributed by atoms with Gasteiger partial charge in [0.15, 0.2) is 0 Å². The van der Waals surface area contributed by atoms with E-state index >= 15 is 0 Å². The maximum absolute atomic E-state index is 11.4. The Hall–Kier alpha value is -0.530. The summed E-state index contributed by atoms with van der Waals surface area (Å²) in [6.07, 6.45) is 11.2. The van der Waals surface area contributed by atoms with E-state index < -0.39 is 0 Å². The zero-order valence-electron chi connectivity index (χ0n) is 14.1. The highest BCUT2D eigenvalue weighted by Gasteiger charge is 2.06. The molecule has 2 nitrogen and oxygen atoms in total. The summed E-state index contributed by atoms with van der Waals surface area (Å²) in [6.45, 7) is 12.3. The third kappa shape index (κ3) is 17.5. The van der Waals surface area contributed by atoms with Crippen molar-refractivity contribution >= 4 is 5.91 Å². The lowest BCUT2D eigenvalue weighted by molar-refractivity contribution is -0.129. The number of nitrogens with zero attached hydrogens (tertiary/aromatic N) is 1. The summed E-state index contributed by atoms with van der Waals surface area (Å²) in [5.74, 6) is 0.244. The van der Waals surface area contributed by atoms with Gasteiger partial charge in [-0.2, -0.15) is 0 Å². The van der Waals surface area contributed by atoms with E-state index in [4.69, 9.17) is 0 Å². The highest BCUT2D eigenvalue weighted by molar-refractivity contribution is 5.73. The van der Waals surface area contributed by atoms with E-state index in [1.54, 1.807) is 6.92 Å². The average Bonchev–Trinajstić information content (AvgIpc) is 2.37. The van der Waals surface area contributed by atoms with Crippen LogP contribution in [0.5, 0.6) is 0 Å². The molecule has 0 aliphatic rings. The van der Waals surface area contributed by atoms with E-state index in [-0.39, 0.29) is 5.91 Å². The smallest absolute Gasteiger partial charge is 0.219 e. The SMILES string of the molecule is CCC.CCCCCCN(CCCCCC)C(C)=O. The van der Waals surface area contributed by atoms with Gasteiger partial charge in [-0.1, -0.05) is 72.6 Å². The number of unbranched alkanes of at least 4 members (excludes halogenated alkanes) is 6. The van der Waals surface area contributed by atoms with E-state index in [1.807, 2.05) is 4.90 Å². The average molecular weight is 271 g/mol. The van der Waals surface area contributed by atoms with Crippen molar-refractivity contribution in [2.24, 2.45) is 0 Å². The molecule has 0 spiro atoms. The van der Waals surface area contributed by atoms with Crippen LogP contribution in [0.4, 0.5) is 0 Å². The van der Waals surface area contributed by atoms with Gasteiger partial charge < -0.3 is 4.90 Å². The van der Waals surface area contributed by atoms with Crippen molar-refractivity contribution in [2.45, 2.75) is 92.4 Å². The van der Waals surface area contributed by atoms with Gasteiger partial charge in [0.25, 0.3) is 0 Å². The van der Waals surface area contributed by atoms with E-state index in [9.17, 15) is 4.79 Å². The summed E-state index contributed by atoms with van der Waals surface area (Å²) in [4.78, 5) is 13.4. The Bertz CT molecular complexity index is 168. The fraction of sp³-hybridized carbons (Fsp3) is 0.941. The molecule has 1 amide bonds. The van der Waals surface area contributed by atoms with Gasteiger partial charge >= 0.3 is 0 Å². The summed E-state index contributed by atoms with van der Waals surface area (Å²) in [5.41, 5.74) is 0. The molecule has 0 unspecified atom stereocenters. The van der Waals surface area contributed by atoms with Crippen molar-refractivity contribution < 1.29 is 4.79 Å². The van der Waals surface area contributed by atoms with Gasteiger partial charge in [0.2, 0.25) is 5.91 Å². The molecule has 0 saturated heterocycles. The molecule has 2 heteroatoms. The van der Waals surface area contributed by atoms with Gasteiger partial charge in [-0.15, -0.1) is 0 Å². The summed E-state index contributed by atoms with van der Waals surface area (Å²) >= 11 is 0. The second-order valence-electron chi connectivity index (χ2n) is 5.33. The molecule has 0 aromatic rings. The third-order valence-electron chi connectivity index (χ3n) is 3.01. The first kappa shape index (κ1) is 20.8. The second kappa shape index (κ2) is 17.5. The molecule has 0 aromatic carbocycles. The summed E-state index contributed by atoms with van der Waals surface area (Å²) in [6, 6.07) is 0. The third-order valence-corrected chi connectivity index (χ3v) is 3.01. The minimum absolute atomic E-state index is 0.244. The molecule has 0 fully saturated rings. The molecule has 116 valence electrons. The van der Waals surface area contributed by atoms with Gasteiger partial charge in [0.1, 0.15) is 0 Å². The lowest BCUT2D eigenvalue weighted by Gasteiger charge is -2.20. The normalized spacial score (nSPS) is 9.74. The van der Waals surface area contributed by atoms with E-state index in [0.29, 0.717) is 0 Å². The highest BCUT2D eigenvalue weighted by atomic mass is 16.2. The highest BCUT2D eigenvalue weighted by Crippen LogP contribution is 2.05. The molecule has 0 rings (SSSR count). The Morgan fingerprint density at radius 2 is 1.11 bits per heavy atom. The Balaban J connectivity index is 0. The Morgan fingerprint density at radius 3 is 1.37 bits per heavy atom. The first-order chi connectivity index (χ1) is 9.13. The molecule has 0 heterocycles. The van der Waals surface area contributed by atoms with Crippen LogP contribution in [0.25, 0.3) is 0 Å². The number of carbonyl (C=O) groups is 1. The van der Waals surface area contributed by atoms with E-state index in [0.717, 1.165) is 13.1 Å². The lowest BCUT2D eigenvalue weighted by Crippen LogP contribution is -2.30. The molecule has 0 aliphatic carbocycles. The van der Waals surface area contributed by atoms with Crippen molar-refractivity contribution in [3.63, 3.8) is 0 Å². The largest absolute Gasteiger partial charge is 0.343 e. The van der Waals surface area contributed by atoms with Crippen LogP contribution in [0.3, 0.4) is 0 Å². The number of amides is 1. The molecule has 0 aromatic heterocycles. The second-order valence-corrected chi connectivity index (χ2v) is 5.33. The molecular formula is C17H37NO. The molecular weight excluding hydrogens is 234 g/mol. The van der Waals surface area contributed by atoms with Crippen LogP contribution in [0.15, 0.2) is 0 Å². The molecule has 19 heavy (non-hydrogen) atoms. The fourth-order valence-corrected chi connectivity index (χ4v) is 1.89. The molecule has 0 atom stereocenters. The van der Waals surface area contributed by atoms with Crippen molar-refractivity contribution in [2.75, 3.05) is 13.1 Å². The maximum Gasteiger partial charge on any atom is 0.219 e. The maximum atomic E-state index is 11.4. The van der Waals surface area contributed by atoms with E-state index in [1.165, 1.54) is 57.8 Å².